The van der Waals surface area contributed by atoms with Gasteiger partial charge in [0, 0.05) is 19.3 Å². The summed E-state index contributed by atoms with van der Waals surface area (Å²) in [6, 6.07) is 9.36. The van der Waals surface area contributed by atoms with Gasteiger partial charge in [-0.15, -0.1) is 0 Å². The van der Waals surface area contributed by atoms with Gasteiger partial charge in [0.1, 0.15) is 11.6 Å². The van der Waals surface area contributed by atoms with E-state index in [2.05, 4.69) is 15.6 Å². The number of hydrogen-bond donors (Lipinski definition) is 2. The van der Waals surface area contributed by atoms with Crippen molar-refractivity contribution in [3.05, 3.63) is 47.7 Å². The van der Waals surface area contributed by atoms with Crippen LogP contribution in [0.1, 0.15) is 42.6 Å². The van der Waals surface area contributed by atoms with Crippen LogP contribution in [-0.2, 0) is 16.1 Å². The summed E-state index contributed by atoms with van der Waals surface area (Å²) in [7, 11) is 0. The molecular weight excluding hydrogens is 396 g/mol. The van der Waals surface area contributed by atoms with Crippen molar-refractivity contribution in [1.29, 1.82) is 0 Å². The number of nitrogens with zero attached hydrogens (tertiary/aromatic N) is 2. The lowest BCUT2D eigenvalue weighted by molar-refractivity contribution is -0.117. The van der Waals surface area contributed by atoms with E-state index < -0.39 is 0 Å². The van der Waals surface area contributed by atoms with Crippen molar-refractivity contribution in [3.63, 3.8) is 0 Å². The van der Waals surface area contributed by atoms with Crippen LogP contribution < -0.4 is 20.3 Å². The van der Waals surface area contributed by atoms with Crippen LogP contribution in [0.2, 0.25) is 0 Å². The SMILES string of the molecule is CC(C)Oc1cccc(CNC(=O)c2cnc3c(c2)N(CC2CCCO2)C(=O)CN3)c1. The third-order valence-electron chi connectivity index (χ3n) is 5.26. The summed E-state index contributed by atoms with van der Waals surface area (Å²) in [6.45, 7) is 5.69. The van der Waals surface area contributed by atoms with E-state index in [-0.39, 0.29) is 30.6 Å². The summed E-state index contributed by atoms with van der Waals surface area (Å²) in [6.07, 6.45) is 3.56. The number of pyridine rings is 1. The van der Waals surface area contributed by atoms with E-state index in [1.807, 2.05) is 38.1 Å². The lowest BCUT2D eigenvalue weighted by Gasteiger charge is -2.31. The molecule has 2 aromatic rings. The highest BCUT2D eigenvalue weighted by molar-refractivity contribution is 6.04. The van der Waals surface area contributed by atoms with Gasteiger partial charge in [-0.25, -0.2) is 4.98 Å². The van der Waals surface area contributed by atoms with E-state index in [0.29, 0.717) is 30.2 Å². The van der Waals surface area contributed by atoms with Gasteiger partial charge in [0.25, 0.3) is 5.91 Å². The Morgan fingerprint density at radius 2 is 2.26 bits per heavy atom. The Labute approximate surface area is 181 Å². The number of carbonyl (C=O) groups excluding carboxylic acids is 2. The highest BCUT2D eigenvalue weighted by Crippen LogP contribution is 2.30. The third-order valence-corrected chi connectivity index (χ3v) is 5.26. The smallest absolute Gasteiger partial charge is 0.253 e. The fraction of sp³-hybridized carbons (Fsp3) is 0.435. The molecule has 2 amide bonds. The number of amides is 2. The van der Waals surface area contributed by atoms with Crippen LogP contribution in [0.5, 0.6) is 5.75 Å². The molecule has 0 bridgehead atoms. The Morgan fingerprint density at radius 3 is 3.03 bits per heavy atom. The van der Waals surface area contributed by atoms with Crippen LogP contribution in [0.3, 0.4) is 0 Å². The largest absolute Gasteiger partial charge is 0.491 e. The number of benzene rings is 1. The van der Waals surface area contributed by atoms with E-state index in [1.54, 1.807) is 11.0 Å². The van der Waals surface area contributed by atoms with E-state index >= 15 is 0 Å². The van der Waals surface area contributed by atoms with Gasteiger partial charge in [-0.1, -0.05) is 12.1 Å². The quantitative estimate of drug-likeness (QED) is 0.710. The average Bonchev–Trinajstić information content (AvgIpc) is 3.27. The first-order chi connectivity index (χ1) is 15.0. The second kappa shape index (κ2) is 9.34. The monoisotopic (exact) mass is 424 g/mol. The summed E-state index contributed by atoms with van der Waals surface area (Å²) < 4.78 is 11.4. The van der Waals surface area contributed by atoms with Crippen molar-refractivity contribution in [3.8, 4) is 5.75 Å². The van der Waals surface area contributed by atoms with Gasteiger partial charge in [0.2, 0.25) is 5.91 Å². The molecule has 31 heavy (non-hydrogen) atoms. The van der Waals surface area contributed by atoms with Gasteiger partial charge in [-0.05, 0) is 50.5 Å². The number of nitrogens with one attached hydrogen (secondary N) is 2. The van der Waals surface area contributed by atoms with Crippen LogP contribution in [-0.4, -0.2) is 48.7 Å². The maximum atomic E-state index is 12.8. The first-order valence-electron chi connectivity index (χ1n) is 10.7. The van der Waals surface area contributed by atoms with Gasteiger partial charge in [-0.2, -0.15) is 0 Å². The first-order valence-corrected chi connectivity index (χ1v) is 10.7. The second-order valence-electron chi connectivity index (χ2n) is 8.08. The van der Waals surface area contributed by atoms with Crippen molar-refractivity contribution in [2.45, 2.75) is 45.4 Å². The van der Waals surface area contributed by atoms with Crippen LogP contribution in [0.15, 0.2) is 36.5 Å². The zero-order valence-corrected chi connectivity index (χ0v) is 17.9. The first kappa shape index (κ1) is 21.1. The molecule has 1 atom stereocenters. The fourth-order valence-corrected chi connectivity index (χ4v) is 3.79. The number of carbonyl (C=O) groups is 2. The van der Waals surface area contributed by atoms with Crippen molar-refractivity contribution in [2.75, 3.05) is 29.9 Å². The molecule has 2 aliphatic heterocycles. The van der Waals surface area contributed by atoms with Gasteiger partial charge in [0.15, 0.2) is 0 Å². The molecule has 3 heterocycles. The molecule has 1 saturated heterocycles. The average molecular weight is 425 g/mol. The van der Waals surface area contributed by atoms with Crippen LogP contribution in [0.25, 0.3) is 0 Å². The van der Waals surface area contributed by atoms with Crippen molar-refractivity contribution >= 4 is 23.3 Å². The maximum Gasteiger partial charge on any atom is 0.253 e. The second-order valence-corrected chi connectivity index (χ2v) is 8.08. The van der Waals surface area contributed by atoms with Gasteiger partial charge in [-0.3, -0.25) is 9.59 Å². The summed E-state index contributed by atoms with van der Waals surface area (Å²) >= 11 is 0. The molecule has 1 fully saturated rings. The molecule has 0 saturated carbocycles. The number of fused-ring (bicyclic) bond motifs is 1. The molecule has 1 unspecified atom stereocenters. The van der Waals surface area contributed by atoms with Crippen LogP contribution in [0.4, 0.5) is 11.5 Å². The molecule has 2 N–H and O–H groups in total. The number of hydrogen-bond acceptors (Lipinski definition) is 6. The Kier molecular flexibility index (Phi) is 6.36. The molecule has 0 radical (unpaired) electrons. The molecule has 0 aliphatic carbocycles. The minimum atomic E-state index is -0.249. The molecular formula is C23H28N4O4. The normalized spacial score (nSPS) is 18.0. The molecule has 8 heteroatoms. The third kappa shape index (κ3) is 5.14. The minimum Gasteiger partial charge on any atom is -0.491 e. The van der Waals surface area contributed by atoms with E-state index in [0.717, 1.165) is 30.8 Å². The lowest BCUT2D eigenvalue weighted by Crippen LogP contribution is -2.44. The molecule has 2 aliphatic rings. The maximum absolute atomic E-state index is 12.8. The van der Waals surface area contributed by atoms with Gasteiger partial charge in [0.05, 0.1) is 36.5 Å². The Bertz CT molecular complexity index is 956. The number of aromatic nitrogens is 1. The predicted molar refractivity (Wildman–Crippen MR) is 117 cm³/mol. The topological polar surface area (TPSA) is 92.8 Å². The Balaban J connectivity index is 1.45. The fourth-order valence-electron chi connectivity index (χ4n) is 3.79. The number of ether oxygens (including phenoxy) is 2. The minimum absolute atomic E-state index is 0.0210. The van der Waals surface area contributed by atoms with Crippen LogP contribution in [0, 0.1) is 0 Å². The molecule has 1 aromatic heterocycles. The predicted octanol–water partition coefficient (Wildman–Crippen LogP) is 2.74. The molecule has 8 nitrogen and oxygen atoms in total. The van der Waals surface area contributed by atoms with Crippen molar-refractivity contribution < 1.29 is 19.1 Å². The number of anilines is 2. The summed E-state index contributed by atoms with van der Waals surface area (Å²) in [5.41, 5.74) is 1.96. The highest BCUT2D eigenvalue weighted by atomic mass is 16.5. The van der Waals surface area contributed by atoms with Crippen molar-refractivity contribution in [1.82, 2.24) is 10.3 Å². The Morgan fingerprint density at radius 1 is 1.39 bits per heavy atom. The van der Waals surface area contributed by atoms with Gasteiger partial charge < -0.3 is 25.0 Å². The van der Waals surface area contributed by atoms with Gasteiger partial charge >= 0.3 is 0 Å². The van der Waals surface area contributed by atoms with Crippen molar-refractivity contribution in [2.24, 2.45) is 0 Å². The lowest BCUT2D eigenvalue weighted by atomic mass is 10.1. The zero-order valence-electron chi connectivity index (χ0n) is 17.9. The van der Waals surface area contributed by atoms with E-state index in [9.17, 15) is 9.59 Å². The molecule has 0 spiro atoms. The van der Waals surface area contributed by atoms with E-state index in [1.165, 1.54) is 6.20 Å². The standard InChI is InChI=1S/C23H28N4O4/c1-15(2)31-18-6-3-5-16(9-18)11-26-23(29)17-10-20-22(24-12-17)25-13-21(28)27(20)14-19-7-4-8-30-19/h3,5-6,9-10,12,15,19H,4,7-8,11,13-14H2,1-2H3,(H,24,25)(H,26,29). The summed E-state index contributed by atoms with van der Waals surface area (Å²) in [4.78, 5) is 31.3. The number of rotatable bonds is 7. The van der Waals surface area contributed by atoms with E-state index in [4.69, 9.17) is 9.47 Å². The molecule has 1 aromatic carbocycles. The molecule has 4 rings (SSSR count). The van der Waals surface area contributed by atoms with Crippen LogP contribution >= 0.6 is 0 Å². The molecule has 164 valence electrons. The Hall–Kier alpha value is -3.13. The highest BCUT2D eigenvalue weighted by Gasteiger charge is 2.29. The zero-order chi connectivity index (χ0) is 21.8. The summed E-state index contributed by atoms with van der Waals surface area (Å²) in [5.74, 6) is 1.07. The summed E-state index contributed by atoms with van der Waals surface area (Å²) in [5, 5.41) is 5.94.